The van der Waals surface area contributed by atoms with E-state index in [0.717, 1.165) is 22.4 Å². The van der Waals surface area contributed by atoms with Gasteiger partial charge >= 0.3 is 5.97 Å². The molecule has 0 bridgehead atoms. The summed E-state index contributed by atoms with van der Waals surface area (Å²) in [5, 5.41) is 2.79. The normalized spacial score (nSPS) is 10.2. The molecule has 0 atom stereocenters. The molecule has 0 saturated carbocycles. The highest BCUT2D eigenvalue weighted by atomic mass is 16.5. The Morgan fingerprint density at radius 1 is 0.885 bits per heavy atom. The number of anilines is 1. The molecule has 1 N–H and O–H groups in total. The third kappa shape index (κ3) is 4.75. The summed E-state index contributed by atoms with van der Waals surface area (Å²) in [6.07, 6.45) is 0. The second-order valence-corrected chi connectivity index (χ2v) is 6.00. The first kappa shape index (κ1) is 19.3. The van der Waals surface area contributed by atoms with Crippen molar-refractivity contribution in [2.45, 2.75) is 20.8 Å². The second-order valence-electron chi connectivity index (χ2n) is 6.00. The fourth-order valence-electron chi connectivity index (χ4n) is 2.69. The van der Waals surface area contributed by atoms with E-state index >= 15 is 0 Å². The first-order valence-electron chi connectivity index (χ1n) is 8.12. The lowest BCUT2D eigenvalue weighted by molar-refractivity contribution is -0.119. The number of esters is 1. The quantitative estimate of drug-likeness (QED) is 0.802. The van der Waals surface area contributed by atoms with Gasteiger partial charge in [-0.15, -0.1) is 0 Å². The number of nitrogens with one attached hydrogen (secondary N) is 1. The molecule has 0 aliphatic heterocycles. The predicted molar refractivity (Wildman–Crippen MR) is 99.1 cm³/mol. The zero-order valence-electron chi connectivity index (χ0n) is 15.6. The molecule has 0 aliphatic carbocycles. The van der Waals surface area contributed by atoms with Crippen LogP contribution < -0.4 is 14.8 Å². The number of hydrogen-bond donors (Lipinski definition) is 1. The van der Waals surface area contributed by atoms with E-state index in [1.54, 1.807) is 6.07 Å². The molecule has 2 aromatic rings. The lowest BCUT2D eigenvalue weighted by atomic mass is 10.1. The molecule has 6 heteroatoms. The van der Waals surface area contributed by atoms with Crippen LogP contribution in [0.1, 0.15) is 27.0 Å². The van der Waals surface area contributed by atoms with Crippen LogP contribution in [0.25, 0.3) is 0 Å². The van der Waals surface area contributed by atoms with Crippen molar-refractivity contribution in [1.82, 2.24) is 0 Å². The van der Waals surface area contributed by atoms with E-state index in [1.807, 2.05) is 32.9 Å². The van der Waals surface area contributed by atoms with Gasteiger partial charge in [-0.05, 0) is 44.0 Å². The average molecular weight is 357 g/mol. The highest BCUT2D eigenvalue weighted by molar-refractivity contribution is 5.96. The van der Waals surface area contributed by atoms with Gasteiger partial charge in [-0.2, -0.15) is 0 Å². The Bertz CT molecular complexity index is 784. The Morgan fingerprint density at radius 2 is 1.42 bits per heavy atom. The molecule has 2 aromatic carbocycles. The molecule has 0 aliphatic rings. The number of carbonyl (C=O) groups excluding carboxylic acids is 2. The number of aryl methyl sites for hydroxylation is 3. The molecule has 26 heavy (non-hydrogen) atoms. The highest BCUT2D eigenvalue weighted by Crippen LogP contribution is 2.23. The van der Waals surface area contributed by atoms with Crippen molar-refractivity contribution in [2.75, 3.05) is 26.1 Å². The SMILES string of the molecule is COc1cc(OC)cc(C(=O)OCC(=O)Nc2c(C)cc(C)cc2C)c1. The van der Waals surface area contributed by atoms with Crippen LogP contribution in [0.2, 0.25) is 0 Å². The molecular formula is C20H23NO5. The Hall–Kier alpha value is -3.02. The van der Waals surface area contributed by atoms with E-state index in [9.17, 15) is 9.59 Å². The summed E-state index contributed by atoms with van der Waals surface area (Å²) < 4.78 is 15.3. The number of hydrogen-bond acceptors (Lipinski definition) is 5. The van der Waals surface area contributed by atoms with Gasteiger partial charge in [-0.25, -0.2) is 4.79 Å². The molecule has 0 spiro atoms. The van der Waals surface area contributed by atoms with E-state index in [4.69, 9.17) is 14.2 Å². The lowest BCUT2D eigenvalue weighted by Gasteiger charge is -2.13. The van der Waals surface area contributed by atoms with E-state index in [-0.39, 0.29) is 12.2 Å². The summed E-state index contributed by atoms with van der Waals surface area (Å²) in [6, 6.07) is 8.66. The molecule has 0 aromatic heterocycles. The van der Waals surface area contributed by atoms with Crippen LogP contribution in [-0.2, 0) is 9.53 Å². The van der Waals surface area contributed by atoms with E-state index in [1.165, 1.54) is 26.4 Å². The number of ether oxygens (including phenoxy) is 3. The molecule has 6 nitrogen and oxygen atoms in total. The summed E-state index contributed by atoms with van der Waals surface area (Å²) in [5.74, 6) is -0.101. The Morgan fingerprint density at radius 3 is 1.92 bits per heavy atom. The zero-order chi connectivity index (χ0) is 19.3. The summed E-state index contributed by atoms with van der Waals surface area (Å²) in [7, 11) is 2.98. The Balaban J connectivity index is 2.02. The van der Waals surface area contributed by atoms with Crippen LogP contribution in [-0.4, -0.2) is 32.7 Å². The first-order chi connectivity index (χ1) is 12.3. The Kier molecular flexibility index (Phi) is 6.22. The summed E-state index contributed by atoms with van der Waals surface area (Å²) in [5.41, 5.74) is 4.02. The van der Waals surface area contributed by atoms with Gasteiger partial charge in [0.25, 0.3) is 5.91 Å². The fraction of sp³-hybridized carbons (Fsp3) is 0.300. The second kappa shape index (κ2) is 8.38. The van der Waals surface area contributed by atoms with Crippen LogP contribution in [0, 0.1) is 20.8 Å². The maximum absolute atomic E-state index is 12.2. The standard InChI is InChI=1S/C20H23NO5/c1-12-6-13(2)19(14(3)7-12)21-18(22)11-26-20(23)15-8-16(24-4)10-17(9-15)25-5/h6-10H,11H2,1-5H3,(H,21,22). The van der Waals surface area contributed by atoms with Crippen LogP contribution in [0.5, 0.6) is 11.5 Å². The van der Waals surface area contributed by atoms with Gasteiger partial charge in [0.05, 0.1) is 19.8 Å². The number of benzene rings is 2. The molecule has 0 fully saturated rings. The summed E-state index contributed by atoms with van der Waals surface area (Å²) >= 11 is 0. The molecule has 0 saturated heterocycles. The Labute approximate surface area is 153 Å². The van der Waals surface area contributed by atoms with Gasteiger partial charge in [0, 0.05) is 11.8 Å². The predicted octanol–water partition coefficient (Wildman–Crippen LogP) is 3.42. The molecule has 1 amide bonds. The zero-order valence-corrected chi connectivity index (χ0v) is 15.6. The van der Waals surface area contributed by atoms with E-state index in [2.05, 4.69) is 5.32 Å². The fourth-order valence-corrected chi connectivity index (χ4v) is 2.69. The topological polar surface area (TPSA) is 73.9 Å². The number of carbonyl (C=O) groups is 2. The van der Waals surface area contributed by atoms with Crippen molar-refractivity contribution in [2.24, 2.45) is 0 Å². The van der Waals surface area contributed by atoms with Crippen molar-refractivity contribution in [3.8, 4) is 11.5 Å². The van der Waals surface area contributed by atoms with Gasteiger partial charge < -0.3 is 19.5 Å². The van der Waals surface area contributed by atoms with Crippen molar-refractivity contribution in [1.29, 1.82) is 0 Å². The monoisotopic (exact) mass is 357 g/mol. The third-order valence-corrected chi connectivity index (χ3v) is 3.86. The number of methoxy groups -OCH3 is 2. The van der Waals surface area contributed by atoms with Gasteiger partial charge in [0.15, 0.2) is 6.61 Å². The van der Waals surface area contributed by atoms with Gasteiger partial charge in [-0.3, -0.25) is 4.79 Å². The van der Waals surface area contributed by atoms with Gasteiger partial charge in [0.1, 0.15) is 11.5 Å². The van der Waals surface area contributed by atoms with Crippen LogP contribution in [0.15, 0.2) is 30.3 Å². The maximum Gasteiger partial charge on any atom is 0.338 e. The minimum atomic E-state index is -0.630. The van der Waals surface area contributed by atoms with Gasteiger partial charge in [-0.1, -0.05) is 17.7 Å². The van der Waals surface area contributed by atoms with E-state index in [0.29, 0.717) is 11.5 Å². The highest BCUT2D eigenvalue weighted by Gasteiger charge is 2.14. The van der Waals surface area contributed by atoms with Crippen molar-refractivity contribution < 1.29 is 23.8 Å². The molecule has 0 heterocycles. The minimum absolute atomic E-state index is 0.247. The number of amides is 1. The van der Waals surface area contributed by atoms with E-state index < -0.39 is 11.9 Å². The maximum atomic E-state index is 12.2. The molecule has 138 valence electrons. The lowest BCUT2D eigenvalue weighted by Crippen LogP contribution is -2.22. The van der Waals surface area contributed by atoms with Crippen LogP contribution in [0.3, 0.4) is 0 Å². The number of rotatable bonds is 6. The van der Waals surface area contributed by atoms with Crippen LogP contribution >= 0.6 is 0 Å². The minimum Gasteiger partial charge on any atom is -0.497 e. The molecule has 2 rings (SSSR count). The molecular weight excluding hydrogens is 334 g/mol. The smallest absolute Gasteiger partial charge is 0.338 e. The van der Waals surface area contributed by atoms with Crippen molar-refractivity contribution in [3.63, 3.8) is 0 Å². The molecule has 0 unspecified atom stereocenters. The largest absolute Gasteiger partial charge is 0.497 e. The average Bonchev–Trinajstić information content (AvgIpc) is 2.62. The van der Waals surface area contributed by atoms with Crippen molar-refractivity contribution in [3.05, 3.63) is 52.6 Å². The van der Waals surface area contributed by atoms with Crippen molar-refractivity contribution >= 4 is 17.6 Å². The van der Waals surface area contributed by atoms with Gasteiger partial charge in [0.2, 0.25) is 0 Å². The third-order valence-electron chi connectivity index (χ3n) is 3.86. The summed E-state index contributed by atoms with van der Waals surface area (Å²) in [6.45, 7) is 5.45. The van der Waals surface area contributed by atoms with Crippen LogP contribution in [0.4, 0.5) is 5.69 Å². The summed E-state index contributed by atoms with van der Waals surface area (Å²) in [4.78, 5) is 24.3. The molecule has 0 radical (unpaired) electrons. The first-order valence-corrected chi connectivity index (χ1v) is 8.12.